The van der Waals surface area contributed by atoms with Crippen LogP contribution in [0.3, 0.4) is 0 Å². The first-order chi connectivity index (χ1) is 13.6. The van der Waals surface area contributed by atoms with Crippen molar-refractivity contribution < 1.29 is 9.53 Å². The van der Waals surface area contributed by atoms with E-state index in [0.717, 1.165) is 31.4 Å². The highest BCUT2D eigenvalue weighted by Gasteiger charge is 2.36. The standard InChI is InChI=1S/C22H24N4O2/c1-2-18-8-9-19(14-24)26(18)22(27)15-25-17-6-10-20(11-7-17)28-21-5-3-4-16(12-21)13-23/h1,3-5,12,17-20,25H,6-11,15H2/t17-,18-,19-,20-/m0/s1. The molecule has 1 saturated carbocycles. The predicted molar refractivity (Wildman–Crippen MR) is 104 cm³/mol. The van der Waals surface area contributed by atoms with E-state index in [-0.39, 0.29) is 30.6 Å². The monoisotopic (exact) mass is 376 g/mol. The predicted octanol–water partition coefficient (Wildman–Crippen LogP) is 2.35. The molecule has 0 spiro atoms. The van der Waals surface area contributed by atoms with E-state index >= 15 is 0 Å². The largest absolute Gasteiger partial charge is 0.490 e. The maximum Gasteiger partial charge on any atom is 0.238 e. The van der Waals surface area contributed by atoms with Crippen LogP contribution in [-0.2, 0) is 4.79 Å². The number of carbonyl (C=O) groups excluding carboxylic acids is 1. The summed E-state index contributed by atoms with van der Waals surface area (Å²) in [5, 5.41) is 21.5. The molecule has 0 unspecified atom stereocenters. The fourth-order valence-electron chi connectivity index (χ4n) is 3.99. The van der Waals surface area contributed by atoms with Crippen LogP contribution in [0.1, 0.15) is 44.1 Å². The highest BCUT2D eigenvalue weighted by Crippen LogP contribution is 2.25. The Balaban J connectivity index is 1.44. The molecule has 2 atom stereocenters. The first kappa shape index (κ1) is 19.7. The Bertz CT molecular complexity index is 802. The highest BCUT2D eigenvalue weighted by molar-refractivity contribution is 5.80. The van der Waals surface area contributed by atoms with Crippen molar-refractivity contribution in [2.75, 3.05) is 6.54 Å². The first-order valence-electron chi connectivity index (χ1n) is 9.71. The van der Waals surface area contributed by atoms with E-state index in [2.05, 4.69) is 23.4 Å². The average Bonchev–Trinajstić information content (AvgIpc) is 3.16. The summed E-state index contributed by atoms with van der Waals surface area (Å²) in [4.78, 5) is 14.1. The molecule has 1 heterocycles. The van der Waals surface area contributed by atoms with Gasteiger partial charge in [-0.1, -0.05) is 12.0 Å². The number of amides is 1. The summed E-state index contributed by atoms with van der Waals surface area (Å²) in [6, 6.07) is 11.1. The van der Waals surface area contributed by atoms with Gasteiger partial charge in [0.2, 0.25) is 5.91 Å². The molecular formula is C22H24N4O2. The lowest BCUT2D eigenvalue weighted by atomic mass is 9.93. The van der Waals surface area contributed by atoms with Crippen LogP contribution in [0.15, 0.2) is 24.3 Å². The summed E-state index contributed by atoms with van der Waals surface area (Å²) in [7, 11) is 0. The molecule has 1 N–H and O–H groups in total. The Morgan fingerprint density at radius 2 is 1.93 bits per heavy atom. The molecule has 3 rings (SSSR count). The number of nitriles is 2. The molecule has 1 aliphatic heterocycles. The molecule has 6 nitrogen and oxygen atoms in total. The summed E-state index contributed by atoms with van der Waals surface area (Å²) in [5.74, 6) is 3.25. The molecule has 2 aliphatic rings. The van der Waals surface area contributed by atoms with Gasteiger partial charge in [0.05, 0.1) is 36.4 Å². The number of terminal acetylenes is 1. The third-order valence-corrected chi connectivity index (χ3v) is 5.50. The van der Waals surface area contributed by atoms with Gasteiger partial charge in [-0.2, -0.15) is 10.5 Å². The van der Waals surface area contributed by atoms with Crippen LogP contribution in [-0.4, -0.2) is 41.6 Å². The zero-order valence-corrected chi connectivity index (χ0v) is 15.8. The molecule has 1 aliphatic carbocycles. The molecule has 0 radical (unpaired) electrons. The summed E-state index contributed by atoms with van der Waals surface area (Å²) < 4.78 is 6.00. The second-order valence-electron chi connectivity index (χ2n) is 7.32. The van der Waals surface area contributed by atoms with Crippen LogP contribution in [0.4, 0.5) is 0 Å². The Morgan fingerprint density at radius 1 is 1.18 bits per heavy atom. The van der Waals surface area contributed by atoms with Crippen molar-refractivity contribution in [1.82, 2.24) is 10.2 Å². The molecule has 2 fully saturated rings. The smallest absolute Gasteiger partial charge is 0.238 e. The fraction of sp³-hybridized carbons (Fsp3) is 0.500. The lowest BCUT2D eigenvalue weighted by Crippen LogP contribution is -2.47. The lowest BCUT2D eigenvalue weighted by Gasteiger charge is -2.30. The second-order valence-corrected chi connectivity index (χ2v) is 7.32. The molecular weight excluding hydrogens is 352 g/mol. The van der Waals surface area contributed by atoms with Gasteiger partial charge in [-0.05, 0) is 56.7 Å². The molecule has 1 aromatic carbocycles. The van der Waals surface area contributed by atoms with Crippen LogP contribution >= 0.6 is 0 Å². The van der Waals surface area contributed by atoms with Crippen molar-refractivity contribution in [1.29, 1.82) is 10.5 Å². The number of hydrogen-bond donors (Lipinski definition) is 1. The average molecular weight is 376 g/mol. The molecule has 28 heavy (non-hydrogen) atoms. The van der Waals surface area contributed by atoms with Crippen molar-refractivity contribution in [3.63, 3.8) is 0 Å². The van der Waals surface area contributed by atoms with Gasteiger partial charge in [-0.25, -0.2) is 0 Å². The van der Waals surface area contributed by atoms with Crippen LogP contribution < -0.4 is 10.1 Å². The molecule has 0 aromatic heterocycles. The van der Waals surface area contributed by atoms with Crippen LogP contribution in [0.2, 0.25) is 0 Å². The Morgan fingerprint density at radius 3 is 2.61 bits per heavy atom. The van der Waals surface area contributed by atoms with Gasteiger partial charge in [0.25, 0.3) is 0 Å². The molecule has 1 amide bonds. The quantitative estimate of drug-likeness (QED) is 0.797. The van der Waals surface area contributed by atoms with Gasteiger partial charge in [0, 0.05) is 6.04 Å². The highest BCUT2D eigenvalue weighted by atomic mass is 16.5. The maximum atomic E-state index is 12.6. The number of rotatable bonds is 5. The van der Waals surface area contributed by atoms with Crippen LogP contribution in [0.25, 0.3) is 0 Å². The molecule has 144 valence electrons. The van der Waals surface area contributed by atoms with Gasteiger partial charge < -0.3 is 15.0 Å². The minimum absolute atomic E-state index is 0.0984. The van der Waals surface area contributed by atoms with Gasteiger partial charge in [0.15, 0.2) is 0 Å². The summed E-state index contributed by atoms with van der Waals surface area (Å²) >= 11 is 0. The van der Waals surface area contributed by atoms with E-state index in [1.807, 2.05) is 12.1 Å². The molecule has 1 saturated heterocycles. The second kappa shape index (κ2) is 9.27. The zero-order chi connectivity index (χ0) is 19.9. The molecule has 1 aromatic rings. The third-order valence-electron chi connectivity index (χ3n) is 5.50. The minimum Gasteiger partial charge on any atom is -0.490 e. The van der Waals surface area contributed by atoms with E-state index in [4.69, 9.17) is 16.4 Å². The van der Waals surface area contributed by atoms with E-state index in [9.17, 15) is 10.1 Å². The van der Waals surface area contributed by atoms with E-state index in [1.165, 1.54) is 0 Å². The number of hydrogen-bond acceptors (Lipinski definition) is 5. The number of carbonyl (C=O) groups is 1. The first-order valence-corrected chi connectivity index (χ1v) is 9.71. The third kappa shape index (κ3) is 4.63. The summed E-state index contributed by atoms with van der Waals surface area (Å²) in [6.45, 7) is 0.205. The number of nitrogens with one attached hydrogen (secondary N) is 1. The number of benzene rings is 1. The van der Waals surface area contributed by atoms with E-state index in [0.29, 0.717) is 18.4 Å². The molecule has 0 bridgehead atoms. The Kier molecular flexibility index (Phi) is 6.53. The lowest BCUT2D eigenvalue weighted by molar-refractivity contribution is -0.131. The molecule has 6 heteroatoms. The van der Waals surface area contributed by atoms with Gasteiger partial charge in [-0.3, -0.25) is 4.79 Å². The SMILES string of the molecule is C#C[C@H]1CC[C@@H](C#N)N1C(=O)CN[C@H]1CC[C@H](Oc2cccc(C#N)c2)CC1. The van der Waals surface area contributed by atoms with Crippen molar-refractivity contribution in [3.8, 4) is 30.2 Å². The van der Waals surface area contributed by atoms with E-state index in [1.54, 1.807) is 17.0 Å². The fourth-order valence-corrected chi connectivity index (χ4v) is 3.99. The van der Waals surface area contributed by atoms with Crippen molar-refractivity contribution in [3.05, 3.63) is 29.8 Å². The Hall–Kier alpha value is -3.01. The van der Waals surface area contributed by atoms with Crippen molar-refractivity contribution >= 4 is 5.91 Å². The topological polar surface area (TPSA) is 89.2 Å². The Labute approximate surface area is 166 Å². The van der Waals surface area contributed by atoms with Crippen LogP contribution in [0, 0.1) is 35.0 Å². The minimum atomic E-state index is -0.413. The van der Waals surface area contributed by atoms with Gasteiger partial charge in [-0.15, -0.1) is 6.42 Å². The number of likely N-dealkylation sites (tertiary alicyclic amines) is 1. The van der Waals surface area contributed by atoms with Crippen molar-refractivity contribution in [2.45, 2.75) is 62.8 Å². The zero-order valence-electron chi connectivity index (χ0n) is 15.8. The summed E-state index contributed by atoms with van der Waals surface area (Å²) in [5.41, 5.74) is 0.592. The van der Waals surface area contributed by atoms with Crippen LogP contribution in [0.5, 0.6) is 5.75 Å². The summed E-state index contributed by atoms with van der Waals surface area (Å²) in [6.07, 6.45) is 10.6. The number of nitrogens with zero attached hydrogens (tertiary/aromatic N) is 3. The maximum absolute atomic E-state index is 12.6. The van der Waals surface area contributed by atoms with Crippen molar-refractivity contribution in [2.24, 2.45) is 0 Å². The normalized spacial score (nSPS) is 26.7. The van der Waals surface area contributed by atoms with Gasteiger partial charge >= 0.3 is 0 Å². The van der Waals surface area contributed by atoms with Gasteiger partial charge in [0.1, 0.15) is 11.8 Å². The number of ether oxygens (including phenoxy) is 1. The van der Waals surface area contributed by atoms with E-state index < -0.39 is 6.04 Å².